The van der Waals surface area contributed by atoms with Crippen LogP contribution < -0.4 is 10.2 Å². The van der Waals surface area contributed by atoms with Crippen molar-refractivity contribution in [3.63, 3.8) is 0 Å². The number of anilines is 1. The van der Waals surface area contributed by atoms with Crippen molar-refractivity contribution in [2.24, 2.45) is 5.10 Å². The van der Waals surface area contributed by atoms with Gasteiger partial charge in [0.15, 0.2) is 0 Å². The maximum atomic E-state index is 12.8. The van der Waals surface area contributed by atoms with E-state index in [0.29, 0.717) is 24.0 Å². The molecule has 0 saturated carbocycles. The zero-order valence-electron chi connectivity index (χ0n) is 16.4. The van der Waals surface area contributed by atoms with Crippen LogP contribution in [0.25, 0.3) is 0 Å². The molecule has 3 aromatic carbocycles. The fourth-order valence-electron chi connectivity index (χ4n) is 2.75. The zero-order chi connectivity index (χ0) is 22.4. The minimum absolute atomic E-state index is 0.146. The predicted molar refractivity (Wildman–Crippen MR) is 111 cm³/mol. The molecule has 0 bridgehead atoms. The molecule has 0 aliphatic heterocycles. The van der Waals surface area contributed by atoms with Gasteiger partial charge in [-0.3, -0.25) is 15.5 Å². The number of nitro groups is 1. The van der Waals surface area contributed by atoms with Gasteiger partial charge in [0.05, 0.1) is 16.7 Å². The first-order valence-corrected chi connectivity index (χ1v) is 9.15. The van der Waals surface area contributed by atoms with Gasteiger partial charge in [0.2, 0.25) is 0 Å². The summed E-state index contributed by atoms with van der Waals surface area (Å²) in [5.74, 6) is 0.657. The average molecular weight is 429 g/mol. The van der Waals surface area contributed by atoms with Gasteiger partial charge in [-0.2, -0.15) is 18.3 Å². The third-order valence-corrected chi connectivity index (χ3v) is 4.29. The van der Waals surface area contributed by atoms with Gasteiger partial charge >= 0.3 is 6.18 Å². The molecule has 6 nitrogen and oxygen atoms in total. The lowest BCUT2D eigenvalue weighted by molar-refractivity contribution is -0.384. The van der Waals surface area contributed by atoms with E-state index in [0.717, 1.165) is 23.3 Å². The molecule has 0 aromatic heterocycles. The molecule has 1 N–H and O–H groups in total. The minimum Gasteiger partial charge on any atom is -0.489 e. The Balaban J connectivity index is 1.63. The Morgan fingerprint density at radius 3 is 2.48 bits per heavy atom. The summed E-state index contributed by atoms with van der Waals surface area (Å²) in [5.41, 5.74) is 3.32. The lowest BCUT2D eigenvalue weighted by Crippen LogP contribution is -2.06. The van der Waals surface area contributed by atoms with Gasteiger partial charge in [-0.1, -0.05) is 29.8 Å². The average Bonchev–Trinajstić information content (AvgIpc) is 2.72. The number of nitro benzene ring substituents is 1. The fourth-order valence-corrected chi connectivity index (χ4v) is 2.75. The van der Waals surface area contributed by atoms with E-state index < -0.39 is 22.4 Å². The van der Waals surface area contributed by atoms with Crippen LogP contribution in [-0.4, -0.2) is 11.1 Å². The summed E-state index contributed by atoms with van der Waals surface area (Å²) in [6.45, 7) is 2.43. The van der Waals surface area contributed by atoms with Crippen LogP contribution in [0.15, 0.2) is 71.8 Å². The van der Waals surface area contributed by atoms with Crippen LogP contribution in [0.4, 0.5) is 24.5 Å². The molecule has 0 amide bonds. The summed E-state index contributed by atoms with van der Waals surface area (Å²) < 4.78 is 44.0. The number of alkyl halides is 3. The number of rotatable bonds is 7. The highest BCUT2D eigenvalue weighted by atomic mass is 19.4. The van der Waals surface area contributed by atoms with Crippen molar-refractivity contribution >= 4 is 17.6 Å². The molecule has 3 rings (SSSR count). The van der Waals surface area contributed by atoms with Crippen molar-refractivity contribution < 1.29 is 22.8 Å². The molecule has 0 saturated heterocycles. The summed E-state index contributed by atoms with van der Waals surface area (Å²) in [6.07, 6.45) is -3.28. The third kappa shape index (κ3) is 6.05. The van der Waals surface area contributed by atoms with Gasteiger partial charge in [0.25, 0.3) is 5.69 Å². The molecule has 3 aromatic rings. The first kappa shape index (κ1) is 21.8. The van der Waals surface area contributed by atoms with E-state index in [1.165, 1.54) is 6.21 Å². The first-order valence-electron chi connectivity index (χ1n) is 9.15. The second kappa shape index (κ2) is 9.29. The second-order valence-electron chi connectivity index (χ2n) is 6.70. The summed E-state index contributed by atoms with van der Waals surface area (Å²) in [4.78, 5) is 10.2. The molecular formula is C22H18F3N3O3. The number of nitrogens with one attached hydrogen (secondary N) is 1. The largest absolute Gasteiger partial charge is 0.489 e. The summed E-state index contributed by atoms with van der Waals surface area (Å²) in [7, 11) is 0. The molecule has 0 unspecified atom stereocenters. The lowest BCUT2D eigenvalue weighted by atomic mass is 10.1. The summed E-state index contributed by atoms with van der Waals surface area (Å²) in [5, 5.41) is 15.0. The third-order valence-electron chi connectivity index (χ3n) is 4.29. The van der Waals surface area contributed by atoms with E-state index in [4.69, 9.17) is 4.74 Å². The quantitative estimate of drug-likeness (QED) is 0.286. The highest BCUT2D eigenvalue weighted by Crippen LogP contribution is 2.34. The number of ether oxygens (including phenoxy) is 1. The molecule has 31 heavy (non-hydrogen) atoms. The fraction of sp³-hybridized carbons (Fsp3) is 0.136. The van der Waals surface area contributed by atoms with Crippen LogP contribution in [0.3, 0.4) is 0 Å². The topological polar surface area (TPSA) is 76.8 Å². The maximum absolute atomic E-state index is 12.8. The van der Waals surface area contributed by atoms with E-state index >= 15 is 0 Å². The summed E-state index contributed by atoms with van der Waals surface area (Å²) in [6, 6.07) is 17.1. The molecular weight excluding hydrogens is 411 g/mol. The minimum atomic E-state index is -4.67. The number of hydrogen-bond donors (Lipinski definition) is 1. The van der Waals surface area contributed by atoms with E-state index in [9.17, 15) is 23.3 Å². The van der Waals surface area contributed by atoms with Crippen LogP contribution in [0.2, 0.25) is 0 Å². The van der Waals surface area contributed by atoms with Crippen LogP contribution in [-0.2, 0) is 12.8 Å². The van der Waals surface area contributed by atoms with Crippen molar-refractivity contribution in [1.29, 1.82) is 0 Å². The van der Waals surface area contributed by atoms with Crippen LogP contribution in [0, 0.1) is 17.0 Å². The Bertz CT molecular complexity index is 1100. The van der Waals surface area contributed by atoms with Gasteiger partial charge in [-0.25, -0.2) is 0 Å². The number of hydrazone groups is 1. The Morgan fingerprint density at radius 2 is 1.84 bits per heavy atom. The van der Waals surface area contributed by atoms with Crippen molar-refractivity contribution in [3.05, 3.63) is 99.1 Å². The molecule has 0 spiro atoms. The SMILES string of the molecule is Cc1cccc(COc2ccc(/C=N\Nc3ccc(C(F)(F)F)cc3[N+](=O)[O-])cc2)c1. The van der Waals surface area contributed by atoms with Gasteiger partial charge in [-0.05, 0) is 54.4 Å². The highest BCUT2D eigenvalue weighted by Gasteiger charge is 2.33. The van der Waals surface area contributed by atoms with Crippen molar-refractivity contribution in [2.75, 3.05) is 5.43 Å². The maximum Gasteiger partial charge on any atom is 0.416 e. The van der Waals surface area contributed by atoms with Crippen LogP contribution >= 0.6 is 0 Å². The zero-order valence-corrected chi connectivity index (χ0v) is 16.4. The van der Waals surface area contributed by atoms with Gasteiger partial charge in [0.1, 0.15) is 18.0 Å². The van der Waals surface area contributed by atoms with Gasteiger partial charge < -0.3 is 4.74 Å². The van der Waals surface area contributed by atoms with Gasteiger partial charge in [-0.15, -0.1) is 0 Å². The predicted octanol–water partition coefficient (Wildman–Crippen LogP) is 5.95. The molecule has 9 heteroatoms. The second-order valence-corrected chi connectivity index (χ2v) is 6.70. The number of nitrogens with zero attached hydrogens (tertiary/aromatic N) is 2. The van der Waals surface area contributed by atoms with Crippen LogP contribution in [0.1, 0.15) is 22.3 Å². The Kier molecular flexibility index (Phi) is 6.54. The van der Waals surface area contributed by atoms with Crippen LogP contribution in [0.5, 0.6) is 5.75 Å². The molecule has 0 radical (unpaired) electrons. The van der Waals surface area contributed by atoms with Crippen molar-refractivity contribution in [2.45, 2.75) is 19.7 Å². The molecule has 0 atom stereocenters. The smallest absolute Gasteiger partial charge is 0.416 e. The van der Waals surface area contributed by atoms with Gasteiger partial charge in [0, 0.05) is 6.07 Å². The highest BCUT2D eigenvalue weighted by molar-refractivity contribution is 5.80. The lowest BCUT2D eigenvalue weighted by Gasteiger charge is -2.08. The van der Waals surface area contributed by atoms with Crippen molar-refractivity contribution in [3.8, 4) is 5.75 Å². The first-order chi connectivity index (χ1) is 14.7. The standard InChI is InChI=1S/C22H18F3N3O3/c1-15-3-2-4-17(11-15)14-31-19-8-5-16(6-9-19)13-26-27-20-10-7-18(22(23,24)25)12-21(20)28(29)30/h2-13,27H,14H2,1H3/b26-13-. The monoisotopic (exact) mass is 429 g/mol. The van der Waals surface area contributed by atoms with E-state index in [1.54, 1.807) is 24.3 Å². The number of hydrogen-bond acceptors (Lipinski definition) is 5. The van der Waals surface area contributed by atoms with Crippen molar-refractivity contribution in [1.82, 2.24) is 0 Å². The molecule has 0 aliphatic rings. The van der Waals surface area contributed by atoms with E-state index in [-0.39, 0.29) is 5.69 Å². The number of benzene rings is 3. The molecule has 0 heterocycles. The number of halogens is 3. The Hall–Kier alpha value is -3.88. The molecule has 0 aliphatic carbocycles. The normalized spacial score (nSPS) is 11.5. The van der Waals surface area contributed by atoms with E-state index in [2.05, 4.69) is 10.5 Å². The van der Waals surface area contributed by atoms with E-state index in [1.807, 2.05) is 31.2 Å². The Labute approximate surface area is 176 Å². The summed E-state index contributed by atoms with van der Waals surface area (Å²) >= 11 is 0. The Morgan fingerprint density at radius 1 is 1.10 bits per heavy atom. The number of aryl methyl sites for hydroxylation is 1. The molecule has 160 valence electrons. The molecule has 0 fully saturated rings.